The van der Waals surface area contributed by atoms with Crippen LogP contribution in [0.3, 0.4) is 0 Å². The van der Waals surface area contributed by atoms with Gasteiger partial charge in [-0.25, -0.2) is 8.42 Å². The zero-order chi connectivity index (χ0) is 20.0. The van der Waals surface area contributed by atoms with E-state index in [4.69, 9.17) is 12.2 Å². The van der Waals surface area contributed by atoms with Crippen molar-refractivity contribution in [2.24, 2.45) is 11.8 Å². The molecule has 1 aromatic rings. The Balaban J connectivity index is 1.76. The molecule has 1 fully saturated rings. The lowest BCUT2D eigenvalue weighted by atomic mass is 9.92. The Labute approximate surface area is 169 Å². The van der Waals surface area contributed by atoms with Crippen molar-refractivity contribution >= 4 is 38.7 Å². The summed E-state index contributed by atoms with van der Waals surface area (Å²) in [5.41, 5.74) is 1.36. The van der Waals surface area contributed by atoms with Crippen LogP contribution in [-0.2, 0) is 10.0 Å². The fraction of sp³-hybridized carbons (Fsp3) is 0.632. The largest absolute Gasteiger partial charge is 0.362 e. The van der Waals surface area contributed by atoms with Crippen LogP contribution in [-0.4, -0.2) is 57.9 Å². The van der Waals surface area contributed by atoms with Crippen molar-refractivity contribution in [3.8, 4) is 0 Å². The van der Waals surface area contributed by atoms with Gasteiger partial charge in [0.2, 0.25) is 10.0 Å². The predicted molar refractivity (Wildman–Crippen MR) is 118 cm³/mol. The first-order valence-electron chi connectivity index (χ1n) is 9.46. The smallest absolute Gasteiger partial charge is 0.231 e. The second-order valence-corrected chi connectivity index (χ2v) is 10.1. The Hall–Kier alpha value is -1.38. The van der Waals surface area contributed by atoms with E-state index in [9.17, 15) is 8.42 Å². The number of likely N-dealkylation sites (tertiary alicyclic amines) is 1. The average Bonchev–Trinajstić information content (AvgIpc) is 2.56. The minimum atomic E-state index is -3.28. The van der Waals surface area contributed by atoms with Gasteiger partial charge in [-0.3, -0.25) is 4.31 Å². The van der Waals surface area contributed by atoms with Crippen LogP contribution in [0.5, 0.6) is 0 Å². The SMILES string of the molecule is CC1CC(C)CN(CCCNC(=S)Nc2cccc(N(C)S(C)(=O)=O)c2)C1. The Kier molecular flexibility index (Phi) is 7.88. The second kappa shape index (κ2) is 9.71. The van der Waals surface area contributed by atoms with Crippen molar-refractivity contribution in [1.29, 1.82) is 0 Å². The van der Waals surface area contributed by atoms with E-state index in [0.717, 1.165) is 37.0 Å². The zero-order valence-electron chi connectivity index (χ0n) is 16.7. The molecule has 2 N–H and O–H groups in total. The number of hydrogen-bond donors (Lipinski definition) is 2. The molecule has 2 rings (SSSR count). The number of nitrogens with zero attached hydrogens (tertiary/aromatic N) is 2. The van der Waals surface area contributed by atoms with Crippen molar-refractivity contribution in [3.63, 3.8) is 0 Å². The van der Waals surface area contributed by atoms with Gasteiger partial charge in [0.05, 0.1) is 11.9 Å². The first kappa shape index (κ1) is 21.9. The minimum absolute atomic E-state index is 0.550. The maximum Gasteiger partial charge on any atom is 0.231 e. The number of piperidine rings is 1. The number of hydrogen-bond acceptors (Lipinski definition) is 4. The van der Waals surface area contributed by atoms with Crippen LogP contribution >= 0.6 is 12.2 Å². The van der Waals surface area contributed by atoms with Crippen LogP contribution < -0.4 is 14.9 Å². The normalized spacial score (nSPS) is 20.9. The molecule has 0 radical (unpaired) electrons. The van der Waals surface area contributed by atoms with Gasteiger partial charge < -0.3 is 15.5 Å². The molecule has 1 aliphatic heterocycles. The standard InChI is InChI=1S/C19H32N4O2S2/c1-15-11-16(2)14-23(13-15)10-6-9-20-19(26)21-17-7-5-8-18(12-17)22(3)27(4,24)25/h5,7-8,12,15-16H,6,9-11,13-14H2,1-4H3,(H2,20,21,26). The van der Waals surface area contributed by atoms with Crippen molar-refractivity contribution in [1.82, 2.24) is 10.2 Å². The van der Waals surface area contributed by atoms with Gasteiger partial charge in [0, 0.05) is 32.4 Å². The van der Waals surface area contributed by atoms with E-state index in [1.165, 1.54) is 37.1 Å². The summed E-state index contributed by atoms with van der Waals surface area (Å²) >= 11 is 5.36. The van der Waals surface area contributed by atoms with Crippen LogP contribution in [0.2, 0.25) is 0 Å². The highest BCUT2D eigenvalue weighted by Crippen LogP contribution is 2.21. The molecule has 1 heterocycles. The van der Waals surface area contributed by atoms with Gasteiger partial charge in [-0.05, 0) is 61.6 Å². The third-order valence-corrected chi connectivity index (χ3v) is 6.30. The molecular formula is C19H32N4O2S2. The number of sulfonamides is 1. The van der Waals surface area contributed by atoms with Gasteiger partial charge in [0.15, 0.2) is 5.11 Å². The number of benzene rings is 1. The highest BCUT2D eigenvalue weighted by molar-refractivity contribution is 7.92. The molecule has 0 aliphatic carbocycles. The quantitative estimate of drug-likeness (QED) is 0.530. The molecule has 2 unspecified atom stereocenters. The predicted octanol–water partition coefficient (Wildman–Crippen LogP) is 2.74. The third-order valence-electron chi connectivity index (χ3n) is 4.85. The fourth-order valence-electron chi connectivity index (χ4n) is 3.63. The molecule has 0 amide bonds. The number of nitrogens with one attached hydrogen (secondary N) is 2. The highest BCUT2D eigenvalue weighted by atomic mass is 32.2. The highest BCUT2D eigenvalue weighted by Gasteiger charge is 2.21. The van der Waals surface area contributed by atoms with E-state index in [0.29, 0.717) is 10.8 Å². The van der Waals surface area contributed by atoms with Crippen LogP contribution in [0.15, 0.2) is 24.3 Å². The lowest BCUT2D eigenvalue weighted by molar-refractivity contribution is 0.140. The van der Waals surface area contributed by atoms with E-state index in [-0.39, 0.29) is 0 Å². The topological polar surface area (TPSA) is 64.7 Å². The third kappa shape index (κ3) is 7.27. The molecule has 6 nitrogen and oxygen atoms in total. The van der Waals surface area contributed by atoms with E-state index >= 15 is 0 Å². The molecule has 0 bridgehead atoms. The summed E-state index contributed by atoms with van der Waals surface area (Å²) < 4.78 is 24.6. The van der Waals surface area contributed by atoms with E-state index in [1.807, 2.05) is 6.07 Å². The van der Waals surface area contributed by atoms with E-state index in [2.05, 4.69) is 29.4 Å². The van der Waals surface area contributed by atoms with Gasteiger partial charge in [-0.15, -0.1) is 0 Å². The molecule has 152 valence electrons. The molecule has 2 atom stereocenters. The second-order valence-electron chi connectivity index (χ2n) is 7.72. The Morgan fingerprint density at radius 2 is 1.96 bits per heavy atom. The van der Waals surface area contributed by atoms with Crippen molar-refractivity contribution in [3.05, 3.63) is 24.3 Å². The van der Waals surface area contributed by atoms with E-state index in [1.54, 1.807) is 18.2 Å². The summed E-state index contributed by atoms with van der Waals surface area (Å²) in [6.07, 6.45) is 3.55. The van der Waals surface area contributed by atoms with Gasteiger partial charge in [-0.2, -0.15) is 0 Å². The van der Waals surface area contributed by atoms with Crippen LogP contribution in [0, 0.1) is 11.8 Å². The molecule has 1 saturated heterocycles. The summed E-state index contributed by atoms with van der Waals surface area (Å²) in [6.45, 7) is 8.93. The monoisotopic (exact) mass is 412 g/mol. The van der Waals surface area contributed by atoms with Gasteiger partial charge in [-0.1, -0.05) is 19.9 Å². The minimum Gasteiger partial charge on any atom is -0.362 e. The zero-order valence-corrected chi connectivity index (χ0v) is 18.4. The average molecular weight is 413 g/mol. The van der Waals surface area contributed by atoms with Gasteiger partial charge >= 0.3 is 0 Å². The fourth-order valence-corrected chi connectivity index (χ4v) is 4.34. The summed E-state index contributed by atoms with van der Waals surface area (Å²) in [7, 11) is -1.75. The van der Waals surface area contributed by atoms with Crippen LogP contribution in [0.25, 0.3) is 0 Å². The molecule has 8 heteroatoms. The van der Waals surface area contributed by atoms with Crippen LogP contribution in [0.4, 0.5) is 11.4 Å². The molecule has 0 aromatic heterocycles. The first-order chi connectivity index (χ1) is 12.6. The lowest BCUT2D eigenvalue weighted by Gasteiger charge is -2.35. The number of thiocarbonyl (C=S) groups is 1. The van der Waals surface area contributed by atoms with Crippen molar-refractivity contribution < 1.29 is 8.42 Å². The number of rotatable bonds is 7. The van der Waals surface area contributed by atoms with E-state index < -0.39 is 10.0 Å². The molecule has 27 heavy (non-hydrogen) atoms. The molecule has 0 spiro atoms. The van der Waals surface area contributed by atoms with Gasteiger partial charge in [0.1, 0.15) is 0 Å². The number of anilines is 2. The van der Waals surface area contributed by atoms with Crippen LogP contribution in [0.1, 0.15) is 26.7 Å². The summed E-state index contributed by atoms with van der Waals surface area (Å²) in [6, 6.07) is 7.19. The Morgan fingerprint density at radius 3 is 2.59 bits per heavy atom. The maximum absolute atomic E-state index is 11.7. The summed E-state index contributed by atoms with van der Waals surface area (Å²) in [4.78, 5) is 2.54. The summed E-state index contributed by atoms with van der Waals surface area (Å²) in [5, 5.41) is 6.91. The maximum atomic E-state index is 11.7. The lowest BCUT2D eigenvalue weighted by Crippen LogP contribution is -2.40. The Morgan fingerprint density at radius 1 is 1.30 bits per heavy atom. The van der Waals surface area contributed by atoms with Crippen molar-refractivity contribution in [2.75, 3.05) is 49.1 Å². The molecule has 1 aromatic carbocycles. The van der Waals surface area contributed by atoms with Gasteiger partial charge in [0.25, 0.3) is 0 Å². The van der Waals surface area contributed by atoms with Crippen molar-refractivity contribution in [2.45, 2.75) is 26.7 Å². The molecule has 0 saturated carbocycles. The molecule has 1 aliphatic rings. The summed E-state index contributed by atoms with van der Waals surface area (Å²) in [5.74, 6) is 1.56. The first-order valence-corrected chi connectivity index (χ1v) is 11.7. The molecular weight excluding hydrogens is 380 g/mol. The Bertz CT molecular complexity index is 729.